The molecule has 1 N–H and O–H groups in total. The normalized spacial score (nSPS) is 21.8. The van der Waals surface area contributed by atoms with E-state index in [1.54, 1.807) is 12.4 Å². The van der Waals surface area contributed by atoms with Gasteiger partial charge in [-0.3, -0.25) is 9.97 Å². The maximum absolute atomic E-state index is 4.97. The number of nitrogens with zero attached hydrogens (tertiary/aromatic N) is 5. The number of rotatable bonds is 2. The molecule has 2 saturated heterocycles. The Morgan fingerprint density at radius 2 is 1.78 bits per heavy atom. The van der Waals surface area contributed by atoms with Gasteiger partial charge in [0.1, 0.15) is 5.82 Å². The van der Waals surface area contributed by atoms with E-state index in [0.29, 0.717) is 11.5 Å². The summed E-state index contributed by atoms with van der Waals surface area (Å²) >= 11 is 0. The zero-order chi connectivity index (χ0) is 18.3. The van der Waals surface area contributed by atoms with Crippen LogP contribution >= 0.6 is 0 Å². The predicted molar refractivity (Wildman–Crippen MR) is 107 cm³/mol. The molecule has 5 rings (SSSR count). The molecule has 27 heavy (non-hydrogen) atoms. The summed E-state index contributed by atoms with van der Waals surface area (Å²) < 4.78 is 0. The highest BCUT2D eigenvalue weighted by atomic mass is 15.2. The summed E-state index contributed by atoms with van der Waals surface area (Å²) in [6.07, 6.45) is 10.9. The van der Waals surface area contributed by atoms with Crippen molar-refractivity contribution < 1.29 is 0 Å². The molecule has 6 nitrogen and oxygen atoms in total. The Morgan fingerprint density at radius 3 is 2.52 bits per heavy atom. The zero-order valence-corrected chi connectivity index (χ0v) is 15.6. The van der Waals surface area contributed by atoms with Crippen LogP contribution in [0, 0.1) is 5.41 Å². The Labute approximate surface area is 159 Å². The molecule has 6 heteroatoms. The molecule has 0 aliphatic carbocycles. The molecular formula is C21H24N6. The van der Waals surface area contributed by atoms with Crippen LogP contribution in [0.5, 0.6) is 0 Å². The standard InChI is InChI=1S/C21H24N6/c1-15-21(5-11-24-15)6-12-27(13-7-21)20-17-4-10-23-14-18(17)25-19(26-20)16-2-8-22-9-3-16/h2-4,8-10,14-15,24H,5-7,11-13H2,1H3. The fourth-order valence-corrected chi connectivity index (χ4v) is 4.65. The number of aromatic nitrogens is 4. The summed E-state index contributed by atoms with van der Waals surface area (Å²) in [7, 11) is 0. The summed E-state index contributed by atoms with van der Waals surface area (Å²) in [5.41, 5.74) is 2.33. The quantitative estimate of drug-likeness (QED) is 0.758. The first-order valence-electron chi connectivity index (χ1n) is 9.76. The van der Waals surface area contributed by atoms with Crippen molar-refractivity contribution in [1.82, 2.24) is 25.3 Å². The Balaban J connectivity index is 1.53. The van der Waals surface area contributed by atoms with Crippen molar-refractivity contribution in [3.63, 3.8) is 0 Å². The number of piperidine rings is 1. The minimum absolute atomic E-state index is 0.453. The van der Waals surface area contributed by atoms with Gasteiger partial charge in [0.25, 0.3) is 0 Å². The van der Waals surface area contributed by atoms with Crippen molar-refractivity contribution in [1.29, 1.82) is 0 Å². The van der Waals surface area contributed by atoms with E-state index in [9.17, 15) is 0 Å². The molecule has 5 heterocycles. The van der Waals surface area contributed by atoms with Crippen molar-refractivity contribution in [2.75, 3.05) is 24.5 Å². The molecule has 2 aliphatic heterocycles. The Morgan fingerprint density at radius 1 is 1.00 bits per heavy atom. The highest BCUT2D eigenvalue weighted by Gasteiger charge is 2.42. The first-order valence-corrected chi connectivity index (χ1v) is 9.76. The highest BCUT2D eigenvalue weighted by Crippen LogP contribution is 2.42. The van der Waals surface area contributed by atoms with E-state index in [1.165, 1.54) is 19.3 Å². The van der Waals surface area contributed by atoms with E-state index in [0.717, 1.165) is 47.7 Å². The zero-order valence-electron chi connectivity index (χ0n) is 15.6. The maximum Gasteiger partial charge on any atom is 0.162 e. The van der Waals surface area contributed by atoms with Crippen LogP contribution in [-0.4, -0.2) is 45.6 Å². The maximum atomic E-state index is 4.97. The molecule has 0 radical (unpaired) electrons. The number of nitrogens with one attached hydrogen (secondary N) is 1. The van der Waals surface area contributed by atoms with Gasteiger partial charge in [-0.05, 0) is 56.3 Å². The van der Waals surface area contributed by atoms with Gasteiger partial charge in [0.2, 0.25) is 0 Å². The molecule has 3 aromatic rings. The topological polar surface area (TPSA) is 66.8 Å². The molecule has 1 spiro atoms. The van der Waals surface area contributed by atoms with Crippen molar-refractivity contribution >= 4 is 16.7 Å². The van der Waals surface area contributed by atoms with E-state index < -0.39 is 0 Å². The predicted octanol–water partition coefficient (Wildman–Crippen LogP) is 3.06. The molecule has 0 bridgehead atoms. The van der Waals surface area contributed by atoms with E-state index in [1.807, 2.05) is 30.6 Å². The van der Waals surface area contributed by atoms with Gasteiger partial charge in [0.05, 0.1) is 11.7 Å². The van der Waals surface area contributed by atoms with Gasteiger partial charge >= 0.3 is 0 Å². The van der Waals surface area contributed by atoms with Gasteiger partial charge in [0, 0.05) is 48.7 Å². The van der Waals surface area contributed by atoms with Gasteiger partial charge < -0.3 is 10.2 Å². The molecule has 2 aliphatic rings. The summed E-state index contributed by atoms with van der Waals surface area (Å²) in [6, 6.07) is 6.56. The Kier molecular flexibility index (Phi) is 4.01. The number of anilines is 1. The Hall–Kier alpha value is -2.60. The second kappa shape index (κ2) is 6.53. The molecule has 138 valence electrons. The fraction of sp³-hybridized carbons (Fsp3) is 0.429. The largest absolute Gasteiger partial charge is 0.356 e. The second-order valence-corrected chi connectivity index (χ2v) is 7.77. The molecule has 0 aromatic carbocycles. The van der Waals surface area contributed by atoms with Crippen LogP contribution < -0.4 is 10.2 Å². The van der Waals surface area contributed by atoms with E-state index in [-0.39, 0.29) is 0 Å². The lowest BCUT2D eigenvalue weighted by Crippen LogP contribution is -2.45. The first-order chi connectivity index (χ1) is 13.3. The fourth-order valence-electron chi connectivity index (χ4n) is 4.65. The van der Waals surface area contributed by atoms with Gasteiger partial charge in [-0.1, -0.05) is 0 Å². The van der Waals surface area contributed by atoms with Crippen LogP contribution in [0.3, 0.4) is 0 Å². The molecule has 0 saturated carbocycles. The summed E-state index contributed by atoms with van der Waals surface area (Å²) in [5, 5.41) is 4.72. The van der Waals surface area contributed by atoms with Crippen molar-refractivity contribution in [2.45, 2.75) is 32.2 Å². The Bertz CT molecular complexity index is 949. The number of fused-ring (bicyclic) bond motifs is 1. The monoisotopic (exact) mass is 360 g/mol. The molecule has 1 unspecified atom stereocenters. The van der Waals surface area contributed by atoms with Gasteiger partial charge in [-0.15, -0.1) is 0 Å². The highest BCUT2D eigenvalue weighted by molar-refractivity contribution is 5.90. The molecule has 2 fully saturated rings. The molecule has 3 aromatic heterocycles. The van der Waals surface area contributed by atoms with Crippen LogP contribution in [0.4, 0.5) is 5.82 Å². The summed E-state index contributed by atoms with van der Waals surface area (Å²) in [6.45, 7) is 5.57. The third kappa shape index (κ3) is 2.84. The van der Waals surface area contributed by atoms with Crippen LogP contribution in [0.25, 0.3) is 22.3 Å². The van der Waals surface area contributed by atoms with Crippen molar-refractivity contribution in [3.8, 4) is 11.4 Å². The number of hydrogen-bond acceptors (Lipinski definition) is 6. The lowest BCUT2D eigenvalue weighted by Gasteiger charge is -2.42. The van der Waals surface area contributed by atoms with Gasteiger partial charge in [0.15, 0.2) is 5.82 Å². The third-order valence-electron chi connectivity index (χ3n) is 6.47. The average Bonchev–Trinajstić information content (AvgIpc) is 3.08. The minimum Gasteiger partial charge on any atom is -0.356 e. The van der Waals surface area contributed by atoms with Crippen molar-refractivity contribution in [2.24, 2.45) is 5.41 Å². The van der Waals surface area contributed by atoms with Crippen LogP contribution in [0.15, 0.2) is 43.0 Å². The smallest absolute Gasteiger partial charge is 0.162 e. The van der Waals surface area contributed by atoms with Gasteiger partial charge in [-0.2, -0.15) is 0 Å². The SMILES string of the molecule is CC1NCCC12CCN(c1nc(-c3ccncc3)nc3cnccc13)CC2. The lowest BCUT2D eigenvalue weighted by atomic mass is 9.73. The minimum atomic E-state index is 0.453. The van der Waals surface area contributed by atoms with E-state index in [4.69, 9.17) is 9.97 Å². The summed E-state index contributed by atoms with van der Waals surface area (Å²) in [5.74, 6) is 1.77. The van der Waals surface area contributed by atoms with Crippen LogP contribution in [0.2, 0.25) is 0 Å². The second-order valence-electron chi connectivity index (χ2n) is 7.77. The molecular weight excluding hydrogens is 336 g/mol. The number of pyridine rings is 2. The molecule has 0 amide bonds. The first kappa shape index (κ1) is 16.6. The van der Waals surface area contributed by atoms with Crippen molar-refractivity contribution in [3.05, 3.63) is 43.0 Å². The molecule has 1 atom stereocenters. The average molecular weight is 360 g/mol. The van der Waals surface area contributed by atoms with E-state index >= 15 is 0 Å². The van der Waals surface area contributed by atoms with Gasteiger partial charge in [-0.25, -0.2) is 9.97 Å². The lowest BCUT2D eigenvalue weighted by molar-refractivity contribution is 0.198. The third-order valence-corrected chi connectivity index (χ3v) is 6.47. The number of hydrogen-bond donors (Lipinski definition) is 1. The van der Waals surface area contributed by atoms with Crippen LogP contribution in [-0.2, 0) is 0 Å². The van der Waals surface area contributed by atoms with E-state index in [2.05, 4.69) is 27.1 Å². The summed E-state index contributed by atoms with van der Waals surface area (Å²) in [4.78, 5) is 20.5. The van der Waals surface area contributed by atoms with Crippen LogP contribution in [0.1, 0.15) is 26.2 Å².